The molecule has 1 aliphatic rings. The number of hydrogen-bond donors (Lipinski definition) is 2. The van der Waals surface area contributed by atoms with Crippen LogP contribution < -0.4 is 10.6 Å². The molecule has 0 atom stereocenters. The van der Waals surface area contributed by atoms with Crippen LogP contribution in [0.15, 0.2) is 53.9 Å². The van der Waals surface area contributed by atoms with Crippen LogP contribution in [0.1, 0.15) is 6.42 Å². The van der Waals surface area contributed by atoms with Crippen molar-refractivity contribution in [1.82, 2.24) is 9.97 Å². The van der Waals surface area contributed by atoms with Crippen LogP contribution in [0.3, 0.4) is 0 Å². The molecule has 0 spiro atoms. The predicted octanol–water partition coefficient (Wildman–Crippen LogP) is 2.81. The third-order valence-electron chi connectivity index (χ3n) is 4.27. The molecule has 0 saturated heterocycles. The Hall–Kier alpha value is -3.54. The van der Waals surface area contributed by atoms with Crippen LogP contribution in [0.4, 0.5) is 5.69 Å². The summed E-state index contributed by atoms with van der Waals surface area (Å²) in [6.07, 6.45) is 4.01. The first-order valence-corrected chi connectivity index (χ1v) is 7.63. The van der Waals surface area contributed by atoms with Crippen molar-refractivity contribution in [2.45, 2.75) is 6.42 Å². The number of phenols is 1. The Kier molecular flexibility index (Phi) is 3.32. The average molecular weight is 331 g/mol. The number of hydrogen-bond acceptors (Lipinski definition) is 6. The molecule has 3 aromatic rings. The second-order valence-electron chi connectivity index (χ2n) is 5.78. The highest BCUT2D eigenvalue weighted by molar-refractivity contribution is 5.99. The minimum absolute atomic E-state index is 0.0338. The zero-order chi connectivity index (χ0) is 17.6. The molecule has 1 aliphatic carbocycles. The zero-order valence-electron chi connectivity index (χ0n) is 13.1. The van der Waals surface area contributed by atoms with Gasteiger partial charge in [-0.2, -0.15) is 0 Å². The molecule has 0 saturated carbocycles. The molecule has 0 amide bonds. The van der Waals surface area contributed by atoms with Crippen molar-refractivity contribution in [3.8, 4) is 17.0 Å². The van der Waals surface area contributed by atoms with Crippen molar-refractivity contribution in [3.63, 3.8) is 0 Å². The number of aliphatic hydroxyl groups excluding tert-OH is 1. The van der Waals surface area contributed by atoms with Crippen molar-refractivity contribution in [2.24, 2.45) is 5.18 Å². The van der Waals surface area contributed by atoms with E-state index in [1.54, 1.807) is 24.3 Å². The van der Waals surface area contributed by atoms with Gasteiger partial charge in [-0.05, 0) is 41.4 Å². The van der Waals surface area contributed by atoms with Crippen LogP contribution in [0.25, 0.3) is 34.0 Å². The van der Waals surface area contributed by atoms with E-state index < -0.39 is 0 Å². The molecule has 6 nitrogen and oxygen atoms in total. The van der Waals surface area contributed by atoms with Crippen LogP contribution in [0, 0.1) is 4.91 Å². The van der Waals surface area contributed by atoms with E-state index in [0.29, 0.717) is 34.0 Å². The summed E-state index contributed by atoms with van der Waals surface area (Å²) in [6.45, 7) is 3.81. The molecule has 25 heavy (non-hydrogen) atoms. The van der Waals surface area contributed by atoms with E-state index in [-0.39, 0.29) is 22.7 Å². The van der Waals surface area contributed by atoms with Gasteiger partial charge in [-0.25, -0.2) is 4.98 Å². The van der Waals surface area contributed by atoms with Gasteiger partial charge in [0, 0.05) is 22.4 Å². The quantitative estimate of drug-likeness (QED) is 0.704. The molecule has 122 valence electrons. The Morgan fingerprint density at radius 3 is 2.84 bits per heavy atom. The number of nitrogens with zero attached hydrogens (tertiary/aromatic N) is 3. The van der Waals surface area contributed by atoms with Gasteiger partial charge >= 0.3 is 0 Å². The fourth-order valence-electron chi connectivity index (χ4n) is 2.95. The van der Waals surface area contributed by atoms with Crippen LogP contribution >= 0.6 is 0 Å². The summed E-state index contributed by atoms with van der Waals surface area (Å²) in [7, 11) is 0. The lowest BCUT2D eigenvalue weighted by atomic mass is 10.0. The minimum Gasteiger partial charge on any atom is -0.505 e. The zero-order valence-corrected chi connectivity index (χ0v) is 13.1. The molecule has 2 heterocycles. The molecule has 2 aromatic heterocycles. The lowest BCUT2D eigenvalue weighted by Crippen LogP contribution is -2.33. The summed E-state index contributed by atoms with van der Waals surface area (Å²) >= 11 is 0. The molecule has 6 heteroatoms. The van der Waals surface area contributed by atoms with Gasteiger partial charge in [-0.15, -0.1) is 4.91 Å². The largest absolute Gasteiger partial charge is 0.505 e. The third-order valence-corrected chi connectivity index (χ3v) is 4.27. The molecule has 4 rings (SSSR count). The summed E-state index contributed by atoms with van der Waals surface area (Å²) in [5, 5.41) is 25.5. The number of nitroso groups, excluding NO2 is 1. The van der Waals surface area contributed by atoms with E-state index in [0.717, 1.165) is 5.22 Å². The number of benzene rings is 1. The number of phenolic OH excluding ortho intramolecular Hbond substituents is 1. The molecule has 0 radical (unpaired) electrons. The van der Waals surface area contributed by atoms with E-state index in [4.69, 9.17) is 0 Å². The fourth-order valence-corrected chi connectivity index (χ4v) is 2.95. The van der Waals surface area contributed by atoms with Crippen molar-refractivity contribution >= 4 is 28.4 Å². The molecule has 0 aliphatic heterocycles. The van der Waals surface area contributed by atoms with E-state index in [1.165, 1.54) is 12.3 Å². The van der Waals surface area contributed by atoms with Crippen molar-refractivity contribution in [1.29, 1.82) is 0 Å². The summed E-state index contributed by atoms with van der Waals surface area (Å²) in [5.74, 6) is -0.0555. The van der Waals surface area contributed by atoms with E-state index in [1.807, 2.05) is 6.08 Å². The first-order valence-electron chi connectivity index (χ1n) is 7.63. The Morgan fingerprint density at radius 2 is 2.04 bits per heavy atom. The van der Waals surface area contributed by atoms with Crippen LogP contribution in [0.2, 0.25) is 0 Å². The van der Waals surface area contributed by atoms with Gasteiger partial charge in [0.05, 0.1) is 5.69 Å². The summed E-state index contributed by atoms with van der Waals surface area (Å²) in [5.41, 5.74) is 1.76. The average Bonchev–Trinajstić information content (AvgIpc) is 2.65. The van der Waals surface area contributed by atoms with Gasteiger partial charge < -0.3 is 10.2 Å². The van der Waals surface area contributed by atoms with E-state index >= 15 is 0 Å². The van der Waals surface area contributed by atoms with Crippen molar-refractivity contribution in [3.05, 3.63) is 64.2 Å². The first-order chi connectivity index (χ1) is 12.1. The highest BCUT2D eigenvalue weighted by Crippen LogP contribution is 2.39. The lowest BCUT2D eigenvalue weighted by molar-refractivity contribution is 0.482. The number of aromatic nitrogens is 2. The lowest BCUT2D eigenvalue weighted by Gasteiger charge is -2.11. The smallest absolute Gasteiger partial charge is 0.151 e. The van der Waals surface area contributed by atoms with Crippen molar-refractivity contribution < 1.29 is 10.2 Å². The van der Waals surface area contributed by atoms with E-state index in [2.05, 4.69) is 21.7 Å². The predicted molar refractivity (Wildman–Crippen MR) is 95.6 cm³/mol. The number of aliphatic hydroxyl groups is 1. The normalized spacial score (nSPS) is 13.4. The minimum atomic E-state index is -0.0893. The first kappa shape index (κ1) is 15.0. The third kappa shape index (κ3) is 2.27. The Labute approximate surface area is 142 Å². The maximum Gasteiger partial charge on any atom is 0.151 e. The molecule has 0 bridgehead atoms. The van der Waals surface area contributed by atoms with Gasteiger partial charge in [-0.3, -0.25) is 4.98 Å². The second kappa shape index (κ2) is 5.52. The fraction of sp³-hybridized carbons (Fsp3) is 0.0526. The van der Waals surface area contributed by atoms with Gasteiger partial charge in [0.1, 0.15) is 22.3 Å². The number of rotatable bonds is 2. The topological polar surface area (TPSA) is 95.7 Å². The summed E-state index contributed by atoms with van der Waals surface area (Å²) < 4.78 is 0. The second-order valence-corrected chi connectivity index (χ2v) is 5.78. The van der Waals surface area contributed by atoms with Gasteiger partial charge in [0.25, 0.3) is 0 Å². The van der Waals surface area contributed by atoms with Crippen LogP contribution in [-0.4, -0.2) is 20.2 Å². The maximum absolute atomic E-state index is 11.2. The van der Waals surface area contributed by atoms with Gasteiger partial charge in [0.2, 0.25) is 0 Å². The highest BCUT2D eigenvalue weighted by atomic mass is 16.3. The molecular formula is C19H13N3O3. The Bertz CT molecular complexity index is 1180. The highest BCUT2D eigenvalue weighted by Gasteiger charge is 2.16. The molecule has 2 N–H and O–H groups in total. The maximum atomic E-state index is 11.2. The van der Waals surface area contributed by atoms with E-state index in [9.17, 15) is 15.1 Å². The van der Waals surface area contributed by atoms with Crippen molar-refractivity contribution in [2.75, 3.05) is 0 Å². The molecule has 0 fully saturated rings. The number of pyridine rings is 2. The molecule has 1 aromatic carbocycles. The summed E-state index contributed by atoms with van der Waals surface area (Å²) in [4.78, 5) is 19.8. The number of aromatic hydroxyl groups is 1. The standard InChI is InChI=1S/C19H13N3O3/c1-10-4-5-11-6-7-14(21-16(11)18(10)23)13-9-15(22-25)12-3-2-8-20-17(12)19(13)24/h2-3,5-9,23-24H,1,4H2. The molecular weight excluding hydrogens is 318 g/mol. The molecule has 0 unspecified atom stereocenters. The SMILES string of the molecule is C=C1CC=c2ccc(-c3cc(N=O)c4cccnc4c3O)nc2=C1O. The Morgan fingerprint density at radius 1 is 1.20 bits per heavy atom. The number of fused-ring (bicyclic) bond motifs is 2. The van der Waals surface area contributed by atoms with Gasteiger partial charge in [-0.1, -0.05) is 18.7 Å². The van der Waals surface area contributed by atoms with Gasteiger partial charge in [0.15, 0.2) is 5.75 Å². The monoisotopic (exact) mass is 331 g/mol. The van der Waals surface area contributed by atoms with Crippen LogP contribution in [0.5, 0.6) is 5.75 Å². The summed E-state index contributed by atoms with van der Waals surface area (Å²) in [6, 6.07) is 8.33. The van der Waals surface area contributed by atoms with Crippen LogP contribution in [-0.2, 0) is 0 Å². The Balaban J connectivity index is 2.06.